The smallest absolute Gasteiger partial charge is 0.207 e. The van der Waals surface area contributed by atoms with Gasteiger partial charge < -0.3 is 4.74 Å². The number of hydrazone groups is 1. The highest BCUT2D eigenvalue weighted by atomic mass is 32.1. The molecule has 1 aromatic heterocycles. The molecule has 0 saturated carbocycles. The Hall–Kier alpha value is -3.44. The van der Waals surface area contributed by atoms with Crippen LogP contribution < -0.4 is 9.75 Å². The summed E-state index contributed by atoms with van der Waals surface area (Å²) in [6.07, 6.45) is 0.830. The van der Waals surface area contributed by atoms with E-state index in [0.29, 0.717) is 0 Å². The van der Waals surface area contributed by atoms with Crippen molar-refractivity contribution in [3.05, 3.63) is 101 Å². The Morgan fingerprint density at radius 2 is 1.53 bits per heavy atom. The van der Waals surface area contributed by atoms with Gasteiger partial charge in [-0.1, -0.05) is 72.8 Å². The van der Waals surface area contributed by atoms with Crippen molar-refractivity contribution in [3.8, 4) is 17.0 Å². The van der Waals surface area contributed by atoms with Gasteiger partial charge in [-0.05, 0) is 23.3 Å². The van der Waals surface area contributed by atoms with Crippen molar-refractivity contribution in [2.24, 2.45) is 5.10 Å². The van der Waals surface area contributed by atoms with E-state index in [4.69, 9.17) is 14.8 Å². The highest BCUT2D eigenvalue weighted by Gasteiger charge is 2.31. The molecule has 5 rings (SSSR count). The second-order valence-electron chi connectivity index (χ2n) is 7.13. The fraction of sp³-hybridized carbons (Fsp3) is 0.120. The molecule has 0 spiro atoms. The molecule has 30 heavy (non-hydrogen) atoms. The lowest BCUT2D eigenvalue weighted by molar-refractivity contribution is 0.414. The van der Waals surface area contributed by atoms with Crippen molar-refractivity contribution in [2.45, 2.75) is 12.5 Å². The highest BCUT2D eigenvalue weighted by molar-refractivity contribution is 7.14. The van der Waals surface area contributed by atoms with Crippen LogP contribution in [0.15, 0.2) is 95.4 Å². The van der Waals surface area contributed by atoms with Gasteiger partial charge in [0, 0.05) is 17.4 Å². The molecular formula is C25H21N3OS. The Bertz CT molecular complexity index is 1150. The Morgan fingerprint density at radius 3 is 2.20 bits per heavy atom. The molecule has 148 valence electrons. The fourth-order valence-corrected chi connectivity index (χ4v) is 4.52. The van der Waals surface area contributed by atoms with Crippen molar-refractivity contribution in [3.63, 3.8) is 0 Å². The van der Waals surface area contributed by atoms with Gasteiger partial charge in [0.25, 0.3) is 0 Å². The van der Waals surface area contributed by atoms with Crippen LogP contribution in [-0.4, -0.2) is 17.8 Å². The molecule has 0 unspecified atom stereocenters. The zero-order chi connectivity index (χ0) is 20.3. The van der Waals surface area contributed by atoms with Gasteiger partial charge in [-0.2, -0.15) is 5.10 Å². The van der Waals surface area contributed by atoms with Crippen LogP contribution in [0.5, 0.6) is 5.75 Å². The molecule has 3 aromatic carbocycles. The third kappa shape index (κ3) is 3.60. The maximum Gasteiger partial charge on any atom is 0.207 e. The molecule has 0 amide bonds. The van der Waals surface area contributed by atoms with Crippen LogP contribution >= 0.6 is 11.3 Å². The molecule has 2 heterocycles. The lowest BCUT2D eigenvalue weighted by Crippen LogP contribution is -2.18. The van der Waals surface area contributed by atoms with Gasteiger partial charge >= 0.3 is 0 Å². The lowest BCUT2D eigenvalue weighted by atomic mass is 9.98. The molecule has 0 aliphatic carbocycles. The number of nitrogens with zero attached hydrogens (tertiary/aromatic N) is 3. The number of hydrogen-bond donors (Lipinski definition) is 0. The first-order valence-electron chi connectivity index (χ1n) is 9.89. The van der Waals surface area contributed by atoms with Gasteiger partial charge in [-0.15, -0.1) is 11.3 Å². The van der Waals surface area contributed by atoms with Crippen LogP contribution in [-0.2, 0) is 0 Å². The normalized spacial score (nSPS) is 15.8. The van der Waals surface area contributed by atoms with E-state index in [-0.39, 0.29) is 6.04 Å². The Morgan fingerprint density at radius 1 is 0.867 bits per heavy atom. The summed E-state index contributed by atoms with van der Waals surface area (Å²) in [4.78, 5) is 4.91. The number of thiazole rings is 1. The molecule has 0 saturated heterocycles. The molecule has 1 atom stereocenters. The van der Waals surface area contributed by atoms with Gasteiger partial charge in [-0.3, -0.25) is 0 Å². The van der Waals surface area contributed by atoms with E-state index in [0.717, 1.165) is 39.8 Å². The monoisotopic (exact) mass is 411 g/mol. The van der Waals surface area contributed by atoms with Crippen molar-refractivity contribution in [2.75, 3.05) is 12.1 Å². The standard InChI is InChI=1S/C25H21N3OS/c1-29-21-14-12-20(13-15-21)24-16-22(18-8-4-2-5-9-18)27-28(24)25-26-23(17-30-25)19-10-6-3-7-11-19/h2-15,17,24H,16H2,1H3/t24-/m0/s1. The summed E-state index contributed by atoms with van der Waals surface area (Å²) < 4.78 is 5.33. The zero-order valence-electron chi connectivity index (χ0n) is 16.6. The number of aromatic nitrogens is 1. The number of benzene rings is 3. The minimum atomic E-state index is 0.0980. The summed E-state index contributed by atoms with van der Waals surface area (Å²) in [5, 5.41) is 10.1. The molecule has 0 bridgehead atoms. The summed E-state index contributed by atoms with van der Waals surface area (Å²) in [7, 11) is 1.69. The maximum atomic E-state index is 5.33. The molecular weight excluding hydrogens is 390 g/mol. The van der Waals surface area contributed by atoms with E-state index in [1.807, 2.05) is 36.4 Å². The van der Waals surface area contributed by atoms with Gasteiger partial charge in [0.15, 0.2) is 0 Å². The molecule has 0 N–H and O–H groups in total. The van der Waals surface area contributed by atoms with Crippen LogP contribution in [0, 0.1) is 0 Å². The van der Waals surface area contributed by atoms with Crippen molar-refractivity contribution < 1.29 is 4.74 Å². The summed E-state index contributed by atoms with van der Waals surface area (Å²) in [5.41, 5.74) is 5.52. The van der Waals surface area contributed by atoms with Crippen molar-refractivity contribution in [1.29, 1.82) is 0 Å². The quantitative estimate of drug-likeness (QED) is 0.394. The average molecular weight is 412 g/mol. The van der Waals surface area contributed by atoms with Crippen LogP contribution in [0.3, 0.4) is 0 Å². The molecule has 4 aromatic rings. The number of methoxy groups -OCH3 is 1. The minimum Gasteiger partial charge on any atom is -0.497 e. The van der Waals surface area contributed by atoms with Gasteiger partial charge in [0.1, 0.15) is 5.75 Å². The number of anilines is 1. The Labute approximate surface area is 180 Å². The largest absolute Gasteiger partial charge is 0.497 e. The minimum absolute atomic E-state index is 0.0980. The first kappa shape index (κ1) is 18.6. The molecule has 4 nitrogen and oxygen atoms in total. The lowest BCUT2D eigenvalue weighted by Gasteiger charge is -2.21. The summed E-state index contributed by atoms with van der Waals surface area (Å²) in [5.74, 6) is 0.855. The summed E-state index contributed by atoms with van der Waals surface area (Å²) in [6.45, 7) is 0. The summed E-state index contributed by atoms with van der Waals surface area (Å²) in [6, 6.07) is 29.0. The second-order valence-corrected chi connectivity index (χ2v) is 7.97. The van der Waals surface area contributed by atoms with Crippen LogP contribution in [0.4, 0.5) is 5.13 Å². The average Bonchev–Trinajstić information content (AvgIpc) is 3.48. The zero-order valence-corrected chi connectivity index (χ0v) is 17.4. The predicted octanol–water partition coefficient (Wildman–Crippen LogP) is 6.17. The number of rotatable bonds is 5. The van der Waals surface area contributed by atoms with E-state index in [1.54, 1.807) is 18.4 Å². The van der Waals surface area contributed by atoms with Crippen molar-refractivity contribution in [1.82, 2.24) is 4.98 Å². The third-order valence-electron chi connectivity index (χ3n) is 5.28. The van der Waals surface area contributed by atoms with Crippen LogP contribution in [0.2, 0.25) is 0 Å². The van der Waals surface area contributed by atoms with E-state index < -0.39 is 0 Å². The Kier molecular flexibility index (Phi) is 5.03. The number of ether oxygens (including phenoxy) is 1. The molecule has 0 radical (unpaired) electrons. The van der Waals surface area contributed by atoms with Gasteiger partial charge in [0.2, 0.25) is 5.13 Å². The van der Waals surface area contributed by atoms with Gasteiger partial charge in [0.05, 0.1) is 24.6 Å². The van der Waals surface area contributed by atoms with E-state index in [2.05, 4.69) is 58.9 Å². The maximum absolute atomic E-state index is 5.33. The number of hydrogen-bond acceptors (Lipinski definition) is 5. The first-order valence-corrected chi connectivity index (χ1v) is 10.8. The topological polar surface area (TPSA) is 37.7 Å². The summed E-state index contributed by atoms with van der Waals surface area (Å²) >= 11 is 1.63. The fourth-order valence-electron chi connectivity index (χ4n) is 3.69. The molecule has 1 aliphatic heterocycles. The molecule has 5 heteroatoms. The molecule has 1 aliphatic rings. The SMILES string of the molecule is COc1ccc([C@@H]2CC(c3ccccc3)=NN2c2nc(-c3ccccc3)cs2)cc1. The van der Waals surface area contributed by atoms with Crippen molar-refractivity contribution >= 4 is 22.2 Å². The molecule has 0 fully saturated rings. The predicted molar refractivity (Wildman–Crippen MR) is 123 cm³/mol. The van der Waals surface area contributed by atoms with E-state index in [9.17, 15) is 0 Å². The highest BCUT2D eigenvalue weighted by Crippen LogP contribution is 2.39. The van der Waals surface area contributed by atoms with Gasteiger partial charge in [-0.25, -0.2) is 9.99 Å². The van der Waals surface area contributed by atoms with Crippen LogP contribution in [0.1, 0.15) is 23.6 Å². The van der Waals surface area contributed by atoms with Crippen LogP contribution in [0.25, 0.3) is 11.3 Å². The second kappa shape index (κ2) is 8.13. The first-order chi connectivity index (χ1) is 14.8. The third-order valence-corrected chi connectivity index (χ3v) is 6.11. The Balaban J connectivity index is 1.52. The van der Waals surface area contributed by atoms with E-state index in [1.165, 1.54) is 5.56 Å². The van der Waals surface area contributed by atoms with E-state index >= 15 is 0 Å².